The van der Waals surface area contributed by atoms with E-state index in [2.05, 4.69) is 4.98 Å². The van der Waals surface area contributed by atoms with Crippen molar-refractivity contribution in [1.82, 2.24) is 14.5 Å². The summed E-state index contributed by atoms with van der Waals surface area (Å²) in [7, 11) is 1.60. The fraction of sp³-hybridized carbons (Fsp3) is 0.200. The summed E-state index contributed by atoms with van der Waals surface area (Å²) in [6, 6.07) is 11.7. The number of fused-ring (bicyclic) bond motifs is 1. The van der Waals surface area contributed by atoms with Gasteiger partial charge in [0.2, 0.25) is 5.88 Å². The Morgan fingerprint density at radius 1 is 1.10 bits per heavy atom. The Labute approximate surface area is 168 Å². The summed E-state index contributed by atoms with van der Waals surface area (Å²) in [5.41, 5.74) is 0.818. The van der Waals surface area contributed by atoms with E-state index in [0.29, 0.717) is 12.3 Å². The van der Waals surface area contributed by atoms with Crippen LogP contribution >= 0.6 is 11.3 Å². The molecular formula is C20H16F3N3O2S. The molecule has 0 atom stereocenters. The number of alkyl halides is 3. The van der Waals surface area contributed by atoms with Crippen LogP contribution in [0, 0.1) is 0 Å². The number of hydrogen-bond acceptors (Lipinski definition) is 5. The van der Waals surface area contributed by atoms with Crippen molar-refractivity contribution < 1.29 is 22.6 Å². The minimum absolute atomic E-state index is 0.132. The van der Waals surface area contributed by atoms with Gasteiger partial charge in [0.15, 0.2) is 5.82 Å². The number of benzene rings is 1. The van der Waals surface area contributed by atoms with Crippen LogP contribution in [0.25, 0.3) is 21.7 Å². The Bertz CT molecular complexity index is 1110. The summed E-state index contributed by atoms with van der Waals surface area (Å²) in [4.78, 5) is 9.46. The van der Waals surface area contributed by atoms with Crippen molar-refractivity contribution in [3.8, 4) is 22.3 Å². The number of hydrogen-bond donors (Lipinski definition) is 0. The highest BCUT2D eigenvalue weighted by molar-refractivity contribution is 7.13. The number of ether oxygens (including phenoxy) is 2. The predicted octanol–water partition coefficient (Wildman–Crippen LogP) is 5.27. The van der Waals surface area contributed by atoms with E-state index in [4.69, 9.17) is 14.5 Å². The molecule has 4 aromatic rings. The van der Waals surface area contributed by atoms with Gasteiger partial charge < -0.3 is 14.0 Å². The third-order valence-electron chi connectivity index (χ3n) is 4.32. The highest BCUT2D eigenvalue weighted by Crippen LogP contribution is 2.33. The third kappa shape index (κ3) is 3.91. The minimum Gasteiger partial charge on any atom is -0.494 e. The maximum Gasteiger partial charge on any atom is 0.417 e. The first-order valence-electron chi connectivity index (χ1n) is 8.70. The SMILES string of the molecule is COc1cccc2nc(-c3cccs3)n(CCOc3ccc(C(F)(F)F)cn3)c12. The molecule has 0 aliphatic rings. The van der Waals surface area contributed by atoms with Crippen molar-refractivity contribution in [2.45, 2.75) is 12.7 Å². The van der Waals surface area contributed by atoms with Gasteiger partial charge in [-0.05, 0) is 29.6 Å². The van der Waals surface area contributed by atoms with E-state index in [1.807, 2.05) is 40.3 Å². The zero-order valence-electron chi connectivity index (χ0n) is 15.3. The van der Waals surface area contributed by atoms with E-state index in [0.717, 1.165) is 34.0 Å². The number of rotatable bonds is 6. The van der Waals surface area contributed by atoms with Crippen molar-refractivity contribution >= 4 is 22.4 Å². The average Bonchev–Trinajstić information content (AvgIpc) is 3.35. The van der Waals surface area contributed by atoms with Crippen LogP contribution in [0.2, 0.25) is 0 Å². The molecule has 0 bridgehead atoms. The first-order chi connectivity index (χ1) is 14.0. The first-order valence-corrected chi connectivity index (χ1v) is 9.58. The molecule has 29 heavy (non-hydrogen) atoms. The smallest absolute Gasteiger partial charge is 0.417 e. The lowest BCUT2D eigenvalue weighted by atomic mass is 10.3. The van der Waals surface area contributed by atoms with Crippen LogP contribution < -0.4 is 9.47 Å². The predicted molar refractivity (Wildman–Crippen MR) is 104 cm³/mol. The number of thiophene rings is 1. The number of aromatic nitrogens is 3. The monoisotopic (exact) mass is 419 g/mol. The molecule has 0 amide bonds. The van der Waals surface area contributed by atoms with Crippen molar-refractivity contribution in [1.29, 1.82) is 0 Å². The van der Waals surface area contributed by atoms with E-state index >= 15 is 0 Å². The molecule has 0 unspecified atom stereocenters. The maximum atomic E-state index is 12.7. The summed E-state index contributed by atoms with van der Waals surface area (Å²) in [5.74, 6) is 1.60. The highest BCUT2D eigenvalue weighted by atomic mass is 32.1. The number of imidazole rings is 1. The van der Waals surface area contributed by atoms with E-state index in [1.54, 1.807) is 18.4 Å². The van der Waals surface area contributed by atoms with Gasteiger partial charge in [-0.15, -0.1) is 11.3 Å². The second-order valence-electron chi connectivity index (χ2n) is 6.12. The van der Waals surface area contributed by atoms with Gasteiger partial charge in [0.1, 0.15) is 17.9 Å². The van der Waals surface area contributed by atoms with Crippen LogP contribution in [-0.2, 0) is 12.7 Å². The molecule has 0 saturated heterocycles. The molecule has 3 heterocycles. The lowest BCUT2D eigenvalue weighted by Crippen LogP contribution is -2.11. The molecule has 0 fully saturated rings. The van der Waals surface area contributed by atoms with Crippen molar-refractivity contribution in [3.63, 3.8) is 0 Å². The molecule has 0 aliphatic carbocycles. The largest absolute Gasteiger partial charge is 0.494 e. The van der Waals surface area contributed by atoms with Gasteiger partial charge in [-0.25, -0.2) is 9.97 Å². The zero-order chi connectivity index (χ0) is 20.4. The average molecular weight is 419 g/mol. The van der Waals surface area contributed by atoms with Crippen molar-refractivity contribution in [2.75, 3.05) is 13.7 Å². The second kappa shape index (κ2) is 7.75. The molecule has 0 saturated carbocycles. The molecule has 1 aromatic carbocycles. The summed E-state index contributed by atoms with van der Waals surface area (Å²) in [5, 5.41) is 1.97. The summed E-state index contributed by atoms with van der Waals surface area (Å²) < 4.78 is 51.0. The number of para-hydroxylation sites is 1. The first kappa shape index (κ1) is 19.3. The molecule has 0 spiro atoms. The Kier molecular flexibility index (Phi) is 5.14. The Morgan fingerprint density at radius 2 is 1.97 bits per heavy atom. The van der Waals surface area contributed by atoms with Gasteiger partial charge in [0, 0.05) is 12.3 Å². The number of pyridine rings is 1. The lowest BCUT2D eigenvalue weighted by molar-refractivity contribution is -0.137. The van der Waals surface area contributed by atoms with Crippen LogP contribution in [0.1, 0.15) is 5.56 Å². The van der Waals surface area contributed by atoms with E-state index in [9.17, 15) is 13.2 Å². The lowest BCUT2D eigenvalue weighted by Gasteiger charge is -2.12. The van der Waals surface area contributed by atoms with Gasteiger partial charge >= 0.3 is 6.18 Å². The quantitative estimate of drug-likeness (QED) is 0.427. The third-order valence-corrected chi connectivity index (χ3v) is 5.19. The molecule has 0 N–H and O–H groups in total. The van der Waals surface area contributed by atoms with E-state index < -0.39 is 11.7 Å². The topological polar surface area (TPSA) is 49.2 Å². The maximum absolute atomic E-state index is 12.7. The van der Waals surface area contributed by atoms with E-state index in [1.165, 1.54) is 6.07 Å². The van der Waals surface area contributed by atoms with Gasteiger partial charge in [0.25, 0.3) is 0 Å². The normalized spacial score (nSPS) is 11.7. The van der Waals surface area contributed by atoms with Crippen molar-refractivity contribution in [3.05, 3.63) is 59.6 Å². The second-order valence-corrected chi connectivity index (χ2v) is 7.07. The van der Waals surface area contributed by atoms with Crippen LogP contribution in [-0.4, -0.2) is 28.3 Å². The molecular weight excluding hydrogens is 403 g/mol. The van der Waals surface area contributed by atoms with Gasteiger partial charge in [0.05, 0.1) is 29.6 Å². The number of methoxy groups -OCH3 is 1. The van der Waals surface area contributed by atoms with Gasteiger partial charge in [-0.1, -0.05) is 12.1 Å². The molecule has 0 radical (unpaired) electrons. The molecule has 5 nitrogen and oxygen atoms in total. The number of nitrogens with zero attached hydrogens (tertiary/aromatic N) is 3. The fourth-order valence-corrected chi connectivity index (χ4v) is 3.73. The molecule has 3 aromatic heterocycles. The van der Waals surface area contributed by atoms with Crippen LogP contribution in [0.4, 0.5) is 13.2 Å². The highest BCUT2D eigenvalue weighted by Gasteiger charge is 2.30. The molecule has 150 valence electrons. The van der Waals surface area contributed by atoms with Crippen LogP contribution in [0.3, 0.4) is 0 Å². The Balaban J connectivity index is 1.59. The zero-order valence-corrected chi connectivity index (χ0v) is 16.1. The van der Waals surface area contributed by atoms with Crippen LogP contribution in [0.15, 0.2) is 54.0 Å². The van der Waals surface area contributed by atoms with Crippen molar-refractivity contribution in [2.24, 2.45) is 0 Å². The Morgan fingerprint density at radius 3 is 2.62 bits per heavy atom. The molecule has 0 aliphatic heterocycles. The van der Waals surface area contributed by atoms with Gasteiger partial charge in [-0.3, -0.25) is 0 Å². The molecule has 4 rings (SSSR count). The summed E-state index contributed by atoms with van der Waals surface area (Å²) in [6.07, 6.45) is -3.66. The van der Waals surface area contributed by atoms with Gasteiger partial charge in [-0.2, -0.15) is 13.2 Å². The minimum atomic E-state index is -4.42. The standard InChI is InChI=1S/C20H16F3N3O2S/c1-27-15-5-2-4-14-18(15)26(19(25-14)16-6-3-11-29-16)9-10-28-17-8-7-13(12-24-17)20(21,22)23/h2-8,11-12H,9-10H2,1H3. The van der Waals surface area contributed by atoms with Crippen LogP contribution in [0.5, 0.6) is 11.6 Å². The molecule has 9 heteroatoms. The summed E-state index contributed by atoms with van der Waals surface area (Å²) in [6.45, 7) is 0.632. The Hall–Kier alpha value is -3.07. The van der Waals surface area contributed by atoms with E-state index in [-0.39, 0.29) is 12.5 Å². The summed E-state index contributed by atoms with van der Waals surface area (Å²) >= 11 is 1.57. The number of halogens is 3. The fourth-order valence-electron chi connectivity index (χ4n) is 3.00.